The van der Waals surface area contributed by atoms with E-state index in [9.17, 15) is 4.79 Å². The Balaban J connectivity index is 2.55. The van der Waals surface area contributed by atoms with Crippen molar-refractivity contribution in [1.29, 1.82) is 0 Å². The zero-order valence-electron chi connectivity index (χ0n) is 12.7. The van der Waals surface area contributed by atoms with E-state index in [2.05, 4.69) is 32.9 Å². The smallest absolute Gasteiger partial charge is 0.290 e. The van der Waals surface area contributed by atoms with E-state index in [1.807, 2.05) is 23.7 Å². The van der Waals surface area contributed by atoms with E-state index in [0.717, 1.165) is 17.8 Å². The van der Waals surface area contributed by atoms with Gasteiger partial charge in [0.15, 0.2) is 0 Å². The van der Waals surface area contributed by atoms with Gasteiger partial charge < -0.3 is 5.73 Å². The van der Waals surface area contributed by atoms with Crippen LogP contribution in [-0.4, -0.2) is 9.36 Å². The van der Waals surface area contributed by atoms with Crippen LogP contribution in [0.2, 0.25) is 0 Å². The lowest BCUT2D eigenvalue weighted by atomic mass is 10.1. The van der Waals surface area contributed by atoms with Crippen molar-refractivity contribution in [2.75, 3.05) is 5.73 Å². The predicted octanol–water partition coefficient (Wildman–Crippen LogP) is 2.73. The highest BCUT2D eigenvalue weighted by Crippen LogP contribution is 2.20. The number of nitrogen functional groups attached to an aromatic ring is 1. The fourth-order valence-electron chi connectivity index (χ4n) is 2.68. The Morgan fingerprint density at radius 1 is 1.20 bits per heavy atom. The molecule has 0 saturated heterocycles. The lowest BCUT2D eigenvalue weighted by molar-refractivity contribution is 0.464. The van der Waals surface area contributed by atoms with Crippen molar-refractivity contribution in [3.8, 4) is 0 Å². The number of benzene rings is 1. The van der Waals surface area contributed by atoms with Crippen molar-refractivity contribution in [3.63, 3.8) is 0 Å². The first-order chi connectivity index (χ1) is 9.47. The third kappa shape index (κ3) is 2.38. The average molecular weight is 273 g/mol. The molecule has 1 heterocycles. The molecule has 0 bridgehead atoms. The van der Waals surface area contributed by atoms with E-state index >= 15 is 0 Å². The number of anilines is 1. The van der Waals surface area contributed by atoms with E-state index < -0.39 is 0 Å². The van der Waals surface area contributed by atoms with Crippen LogP contribution in [0.15, 0.2) is 29.1 Å². The zero-order valence-corrected chi connectivity index (χ0v) is 12.7. The number of hydrogen-bond acceptors (Lipinski definition) is 2. The van der Waals surface area contributed by atoms with E-state index in [4.69, 9.17) is 5.73 Å². The van der Waals surface area contributed by atoms with Crippen molar-refractivity contribution in [2.24, 2.45) is 0 Å². The third-order valence-electron chi connectivity index (χ3n) is 3.74. The summed E-state index contributed by atoms with van der Waals surface area (Å²) < 4.78 is 3.77. The highest BCUT2D eigenvalue weighted by Gasteiger charge is 2.19. The van der Waals surface area contributed by atoms with Gasteiger partial charge in [-0.1, -0.05) is 38.1 Å². The van der Waals surface area contributed by atoms with Crippen LogP contribution < -0.4 is 11.3 Å². The molecule has 2 rings (SSSR count). The SMILES string of the molecule is CCn1c(C(C)C)c(N)c(=O)n1Cc1ccccc1C. The predicted molar refractivity (Wildman–Crippen MR) is 83.1 cm³/mol. The van der Waals surface area contributed by atoms with Gasteiger partial charge in [-0.25, -0.2) is 4.68 Å². The minimum Gasteiger partial charge on any atom is -0.393 e. The molecule has 0 radical (unpaired) electrons. The standard InChI is InChI=1S/C16H23N3O/c1-5-18-15(11(2)3)14(17)16(20)19(18)10-13-9-7-6-8-12(13)4/h6-9,11H,5,10,17H2,1-4H3. The summed E-state index contributed by atoms with van der Waals surface area (Å²) in [4.78, 5) is 12.4. The maximum absolute atomic E-state index is 12.4. The number of nitrogens with two attached hydrogens (primary N) is 1. The van der Waals surface area contributed by atoms with Crippen LogP contribution in [0.3, 0.4) is 0 Å². The summed E-state index contributed by atoms with van der Waals surface area (Å²) >= 11 is 0. The summed E-state index contributed by atoms with van der Waals surface area (Å²) in [5, 5.41) is 0. The van der Waals surface area contributed by atoms with Gasteiger partial charge >= 0.3 is 0 Å². The summed E-state index contributed by atoms with van der Waals surface area (Å²) in [5.41, 5.74) is 9.59. The van der Waals surface area contributed by atoms with E-state index in [1.54, 1.807) is 4.68 Å². The molecule has 0 aliphatic rings. The van der Waals surface area contributed by atoms with Gasteiger partial charge in [-0.3, -0.25) is 9.48 Å². The lowest BCUT2D eigenvalue weighted by Gasteiger charge is -2.15. The second-order valence-electron chi connectivity index (χ2n) is 5.46. The molecule has 0 saturated carbocycles. The number of rotatable bonds is 4. The second-order valence-corrected chi connectivity index (χ2v) is 5.46. The van der Waals surface area contributed by atoms with Crippen molar-refractivity contribution >= 4 is 5.69 Å². The highest BCUT2D eigenvalue weighted by atomic mass is 16.1. The molecule has 4 heteroatoms. The molecule has 0 aliphatic carbocycles. The quantitative estimate of drug-likeness (QED) is 0.931. The van der Waals surface area contributed by atoms with Gasteiger partial charge in [0.2, 0.25) is 0 Å². The van der Waals surface area contributed by atoms with Gasteiger partial charge in [-0.2, -0.15) is 0 Å². The fraction of sp³-hybridized carbons (Fsp3) is 0.438. The summed E-state index contributed by atoms with van der Waals surface area (Å²) in [6.45, 7) is 9.54. The van der Waals surface area contributed by atoms with Crippen LogP contribution in [0.5, 0.6) is 0 Å². The monoisotopic (exact) mass is 273 g/mol. The summed E-state index contributed by atoms with van der Waals surface area (Å²) in [6, 6.07) is 8.13. The largest absolute Gasteiger partial charge is 0.393 e. The molecule has 1 aromatic carbocycles. The number of nitrogens with zero attached hydrogens (tertiary/aromatic N) is 2. The number of hydrogen-bond donors (Lipinski definition) is 1. The second kappa shape index (κ2) is 5.57. The fourth-order valence-corrected chi connectivity index (χ4v) is 2.68. The van der Waals surface area contributed by atoms with Gasteiger partial charge in [0.05, 0.1) is 12.2 Å². The Morgan fingerprint density at radius 2 is 1.85 bits per heavy atom. The molecular weight excluding hydrogens is 250 g/mol. The van der Waals surface area contributed by atoms with E-state index in [-0.39, 0.29) is 11.5 Å². The molecule has 0 unspecified atom stereocenters. The molecular formula is C16H23N3O. The van der Waals surface area contributed by atoms with Gasteiger partial charge in [0.1, 0.15) is 5.69 Å². The Labute approximate surface area is 119 Å². The normalized spacial score (nSPS) is 11.2. The first kappa shape index (κ1) is 14.4. The Hall–Kier alpha value is -1.97. The van der Waals surface area contributed by atoms with Crippen LogP contribution in [0, 0.1) is 6.92 Å². The van der Waals surface area contributed by atoms with Crippen molar-refractivity contribution in [2.45, 2.75) is 46.7 Å². The Kier molecular flexibility index (Phi) is 4.02. The average Bonchev–Trinajstić information content (AvgIpc) is 2.65. The summed E-state index contributed by atoms with van der Waals surface area (Å²) in [5.74, 6) is 0.237. The maximum Gasteiger partial charge on any atom is 0.290 e. The molecule has 108 valence electrons. The van der Waals surface area contributed by atoms with Crippen molar-refractivity contribution in [1.82, 2.24) is 9.36 Å². The highest BCUT2D eigenvalue weighted by molar-refractivity contribution is 5.43. The van der Waals surface area contributed by atoms with Gasteiger partial charge in [0, 0.05) is 6.54 Å². The molecule has 1 aromatic heterocycles. The van der Waals surface area contributed by atoms with Gasteiger partial charge in [-0.15, -0.1) is 0 Å². The molecule has 20 heavy (non-hydrogen) atoms. The number of aromatic nitrogens is 2. The van der Waals surface area contributed by atoms with E-state index in [1.165, 1.54) is 5.56 Å². The van der Waals surface area contributed by atoms with E-state index in [0.29, 0.717) is 12.2 Å². The third-order valence-corrected chi connectivity index (χ3v) is 3.74. The molecule has 0 aliphatic heterocycles. The molecule has 0 fully saturated rings. The molecule has 4 nitrogen and oxygen atoms in total. The van der Waals surface area contributed by atoms with Crippen LogP contribution in [0.1, 0.15) is 43.5 Å². The summed E-state index contributed by atoms with van der Waals surface area (Å²) in [7, 11) is 0. The van der Waals surface area contributed by atoms with Gasteiger partial charge in [0.25, 0.3) is 5.56 Å². The number of aryl methyl sites for hydroxylation is 1. The molecule has 0 amide bonds. The Bertz CT molecular complexity index is 665. The Morgan fingerprint density at radius 3 is 2.40 bits per heavy atom. The molecule has 0 spiro atoms. The first-order valence-electron chi connectivity index (χ1n) is 7.10. The minimum atomic E-state index is -0.0844. The zero-order chi connectivity index (χ0) is 14.9. The lowest BCUT2D eigenvalue weighted by Crippen LogP contribution is -2.25. The van der Waals surface area contributed by atoms with Crippen LogP contribution in [0.4, 0.5) is 5.69 Å². The van der Waals surface area contributed by atoms with Crippen LogP contribution in [0.25, 0.3) is 0 Å². The van der Waals surface area contributed by atoms with Crippen molar-refractivity contribution < 1.29 is 0 Å². The molecule has 2 aromatic rings. The van der Waals surface area contributed by atoms with Crippen LogP contribution >= 0.6 is 0 Å². The maximum atomic E-state index is 12.4. The molecule has 0 atom stereocenters. The van der Waals surface area contributed by atoms with Gasteiger partial charge in [-0.05, 0) is 30.9 Å². The first-order valence-corrected chi connectivity index (χ1v) is 7.10. The molecule has 2 N–H and O–H groups in total. The van der Waals surface area contributed by atoms with Crippen LogP contribution in [-0.2, 0) is 13.1 Å². The summed E-state index contributed by atoms with van der Waals surface area (Å²) in [6.07, 6.45) is 0. The minimum absolute atomic E-state index is 0.0844. The van der Waals surface area contributed by atoms with Crippen molar-refractivity contribution in [3.05, 3.63) is 51.4 Å². The topological polar surface area (TPSA) is 52.9 Å².